The third-order valence-electron chi connectivity index (χ3n) is 5.96. The molecule has 2 fully saturated rings. The number of likely N-dealkylation sites (tertiary alicyclic amines) is 1. The molecule has 1 amide bonds. The second kappa shape index (κ2) is 7.10. The lowest BCUT2D eigenvalue weighted by Gasteiger charge is -2.53. The maximum Gasteiger partial charge on any atom is 0.254 e. The van der Waals surface area contributed by atoms with Gasteiger partial charge in [-0.15, -0.1) is 0 Å². The summed E-state index contributed by atoms with van der Waals surface area (Å²) in [5.74, 6) is -0.236. The van der Waals surface area contributed by atoms with Crippen molar-refractivity contribution in [2.24, 2.45) is 0 Å². The average Bonchev–Trinajstić information content (AvgIpc) is 3.36. The van der Waals surface area contributed by atoms with Gasteiger partial charge in [-0.1, -0.05) is 0 Å². The van der Waals surface area contributed by atoms with Crippen LogP contribution in [-0.2, 0) is 11.3 Å². The molecular formula is C19H26N4O4. The Morgan fingerprint density at radius 3 is 2.93 bits per heavy atom. The first kappa shape index (κ1) is 18.2. The lowest BCUT2D eigenvalue weighted by Crippen LogP contribution is -2.69. The van der Waals surface area contributed by atoms with E-state index in [0.717, 1.165) is 38.0 Å². The van der Waals surface area contributed by atoms with Crippen LogP contribution in [0.15, 0.2) is 35.4 Å². The van der Waals surface area contributed by atoms with Gasteiger partial charge in [0.1, 0.15) is 6.10 Å². The normalized spacial score (nSPS) is 28.3. The van der Waals surface area contributed by atoms with E-state index < -0.39 is 17.2 Å². The van der Waals surface area contributed by atoms with Crippen molar-refractivity contribution < 1.29 is 19.1 Å². The molecule has 27 heavy (non-hydrogen) atoms. The highest BCUT2D eigenvalue weighted by Gasteiger charge is 2.53. The van der Waals surface area contributed by atoms with Crippen molar-refractivity contribution in [1.82, 2.24) is 20.4 Å². The molecule has 0 aliphatic carbocycles. The molecule has 2 atom stereocenters. The minimum absolute atomic E-state index is 0.236. The summed E-state index contributed by atoms with van der Waals surface area (Å²) in [5, 5.41) is 20.7. The lowest BCUT2D eigenvalue weighted by molar-refractivity contribution is -0.205. The molecule has 146 valence electrons. The van der Waals surface area contributed by atoms with E-state index in [1.165, 1.54) is 6.20 Å². The third kappa shape index (κ3) is 3.52. The van der Waals surface area contributed by atoms with Gasteiger partial charge in [0, 0.05) is 38.0 Å². The van der Waals surface area contributed by atoms with E-state index in [1.54, 1.807) is 18.7 Å². The number of aliphatic hydroxyl groups excluding tert-OH is 1. The standard InChI is InChI=1S/C19H26N4O4/c1-18(22-16(24)15-10-20-21-11-15)5-9-27-19(17(18)25)3-6-23(7-4-19)12-14-2-8-26-13-14/h2,8,10-11,13,17,25H,3-7,9,12H2,1H3,(H,20,21)(H,22,24)/t17-,18+/m0/s1. The Bertz CT molecular complexity index is 753. The number of piperidine rings is 1. The number of nitrogens with one attached hydrogen (secondary N) is 2. The van der Waals surface area contributed by atoms with E-state index >= 15 is 0 Å². The summed E-state index contributed by atoms with van der Waals surface area (Å²) in [4.78, 5) is 14.8. The highest BCUT2D eigenvalue weighted by atomic mass is 16.5. The molecular weight excluding hydrogens is 348 g/mol. The number of hydrogen-bond donors (Lipinski definition) is 3. The predicted octanol–water partition coefficient (Wildman–Crippen LogP) is 1.31. The molecule has 1 spiro atoms. The smallest absolute Gasteiger partial charge is 0.254 e. The van der Waals surface area contributed by atoms with Gasteiger partial charge in [0.2, 0.25) is 0 Å². The first-order chi connectivity index (χ1) is 13.0. The van der Waals surface area contributed by atoms with Crippen molar-refractivity contribution in [2.75, 3.05) is 19.7 Å². The molecule has 4 rings (SSSR count). The van der Waals surface area contributed by atoms with Crippen LogP contribution >= 0.6 is 0 Å². The summed E-state index contributed by atoms with van der Waals surface area (Å²) in [7, 11) is 0. The van der Waals surface area contributed by atoms with Gasteiger partial charge in [-0.25, -0.2) is 0 Å². The Hall–Kier alpha value is -2.16. The predicted molar refractivity (Wildman–Crippen MR) is 97.0 cm³/mol. The zero-order chi connectivity index (χ0) is 18.9. The van der Waals surface area contributed by atoms with Crippen LogP contribution in [0, 0.1) is 0 Å². The molecule has 8 heteroatoms. The molecule has 2 aliphatic rings. The summed E-state index contributed by atoms with van der Waals surface area (Å²) >= 11 is 0. The fraction of sp³-hybridized carbons (Fsp3) is 0.579. The molecule has 2 aliphatic heterocycles. The zero-order valence-electron chi connectivity index (χ0n) is 15.5. The number of aliphatic hydroxyl groups is 1. The minimum Gasteiger partial charge on any atom is -0.472 e. The van der Waals surface area contributed by atoms with E-state index in [2.05, 4.69) is 20.4 Å². The molecule has 8 nitrogen and oxygen atoms in total. The van der Waals surface area contributed by atoms with Gasteiger partial charge < -0.3 is 19.6 Å². The van der Waals surface area contributed by atoms with Gasteiger partial charge >= 0.3 is 0 Å². The summed E-state index contributed by atoms with van der Waals surface area (Å²) < 4.78 is 11.2. The second-order valence-corrected chi connectivity index (χ2v) is 7.83. The molecule has 0 bridgehead atoms. The van der Waals surface area contributed by atoms with Crippen LogP contribution in [0.3, 0.4) is 0 Å². The van der Waals surface area contributed by atoms with Gasteiger partial charge in [-0.3, -0.25) is 14.8 Å². The Balaban J connectivity index is 1.42. The van der Waals surface area contributed by atoms with Crippen LogP contribution in [0.25, 0.3) is 0 Å². The topological polar surface area (TPSA) is 104 Å². The first-order valence-electron chi connectivity index (χ1n) is 9.38. The van der Waals surface area contributed by atoms with Crippen LogP contribution in [0.5, 0.6) is 0 Å². The number of carbonyl (C=O) groups excluding carboxylic acids is 1. The SMILES string of the molecule is C[C@@]1(NC(=O)c2cn[nH]c2)CCOC2(CCN(Cc3ccoc3)CC2)[C@H]1O. The highest BCUT2D eigenvalue weighted by Crippen LogP contribution is 2.40. The van der Waals surface area contributed by atoms with Crippen LogP contribution in [0.4, 0.5) is 0 Å². The van der Waals surface area contributed by atoms with Crippen molar-refractivity contribution >= 4 is 5.91 Å². The van der Waals surface area contributed by atoms with E-state index in [4.69, 9.17) is 9.15 Å². The number of amides is 1. The molecule has 2 aromatic heterocycles. The fourth-order valence-corrected chi connectivity index (χ4v) is 4.25. The summed E-state index contributed by atoms with van der Waals surface area (Å²) in [6.45, 7) is 4.90. The third-order valence-corrected chi connectivity index (χ3v) is 5.96. The Morgan fingerprint density at radius 1 is 1.44 bits per heavy atom. The average molecular weight is 374 g/mol. The molecule has 2 saturated heterocycles. The number of carbonyl (C=O) groups is 1. The number of nitrogens with zero attached hydrogens (tertiary/aromatic N) is 2. The first-order valence-corrected chi connectivity index (χ1v) is 9.38. The van der Waals surface area contributed by atoms with Crippen molar-refractivity contribution in [2.45, 2.75) is 50.0 Å². The molecule has 2 aromatic rings. The number of aromatic amines is 1. The monoisotopic (exact) mass is 374 g/mol. The van der Waals surface area contributed by atoms with Gasteiger partial charge in [0.25, 0.3) is 5.91 Å². The number of H-pyrrole nitrogens is 1. The molecule has 4 heterocycles. The maximum absolute atomic E-state index is 12.5. The molecule has 0 aromatic carbocycles. The lowest BCUT2D eigenvalue weighted by atomic mass is 9.73. The summed E-state index contributed by atoms with van der Waals surface area (Å²) in [5.41, 5.74) is 0.246. The molecule has 0 saturated carbocycles. The van der Waals surface area contributed by atoms with Gasteiger partial charge in [0.15, 0.2) is 0 Å². The van der Waals surface area contributed by atoms with E-state index in [1.807, 2.05) is 13.0 Å². The van der Waals surface area contributed by atoms with Gasteiger partial charge in [0.05, 0.1) is 35.4 Å². The molecule has 0 unspecified atom stereocenters. The zero-order valence-corrected chi connectivity index (χ0v) is 15.5. The number of ether oxygens (including phenoxy) is 1. The van der Waals surface area contributed by atoms with Crippen LogP contribution in [-0.4, -0.2) is 63.1 Å². The molecule has 3 N–H and O–H groups in total. The Morgan fingerprint density at radius 2 is 2.26 bits per heavy atom. The van der Waals surface area contributed by atoms with Crippen LogP contribution in [0.2, 0.25) is 0 Å². The number of aromatic nitrogens is 2. The second-order valence-electron chi connectivity index (χ2n) is 7.83. The number of furan rings is 1. The highest BCUT2D eigenvalue weighted by molar-refractivity contribution is 5.94. The minimum atomic E-state index is -0.773. The van der Waals surface area contributed by atoms with Crippen molar-refractivity contribution in [1.29, 1.82) is 0 Å². The largest absolute Gasteiger partial charge is 0.472 e. The van der Waals surface area contributed by atoms with E-state index in [-0.39, 0.29) is 5.91 Å². The van der Waals surface area contributed by atoms with E-state index in [0.29, 0.717) is 18.6 Å². The Kier molecular flexibility index (Phi) is 4.79. The summed E-state index contributed by atoms with van der Waals surface area (Å²) in [6.07, 6.45) is 7.72. The van der Waals surface area contributed by atoms with Crippen LogP contribution < -0.4 is 5.32 Å². The van der Waals surface area contributed by atoms with Crippen LogP contribution in [0.1, 0.15) is 42.1 Å². The Labute approximate surface area is 157 Å². The fourth-order valence-electron chi connectivity index (χ4n) is 4.25. The van der Waals surface area contributed by atoms with E-state index in [9.17, 15) is 9.90 Å². The maximum atomic E-state index is 12.5. The quantitative estimate of drug-likeness (QED) is 0.745. The number of rotatable bonds is 4. The van der Waals surface area contributed by atoms with Gasteiger partial charge in [-0.05, 0) is 32.3 Å². The van der Waals surface area contributed by atoms with Crippen molar-refractivity contribution in [3.8, 4) is 0 Å². The summed E-state index contributed by atoms with van der Waals surface area (Å²) in [6, 6.07) is 1.97. The molecule has 0 radical (unpaired) electrons. The number of hydrogen-bond acceptors (Lipinski definition) is 6. The van der Waals surface area contributed by atoms with Crippen molar-refractivity contribution in [3.05, 3.63) is 42.1 Å². The van der Waals surface area contributed by atoms with Crippen molar-refractivity contribution in [3.63, 3.8) is 0 Å². The van der Waals surface area contributed by atoms with Gasteiger partial charge in [-0.2, -0.15) is 5.10 Å².